The normalized spacial score (nSPS) is 11.5. The Bertz CT molecular complexity index is 1280. The van der Waals surface area contributed by atoms with Crippen molar-refractivity contribution in [3.63, 3.8) is 0 Å². The predicted octanol–water partition coefficient (Wildman–Crippen LogP) is 5.11. The highest BCUT2D eigenvalue weighted by molar-refractivity contribution is 7.89. The van der Waals surface area contributed by atoms with E-state index in [1.54, 1.807) is 30.5 Å². The molecule has 0 unspecified atom stereocenters. The Morgan fingerprint density at radius 3 is 2.38 bits per heavy atom. The van der Waals surface area contributed by atoms with Gasteiger partial charge in [-0.2, -0.15) is 4.31 Å². The number of benzene rings is 2. The molecule has 0 bridgehead atoms. The molecule has 2 aromatic carbocycles. The maximum atomic E-state index is 13.7. The fourth-order valence-corrected chi connectivity index (χ4v) is 6.23. The molecule has 0 aliphatic carbocycles. The molecule has 0 atom stereocenters. The van der Waals surface area contributed by atoms with E-state index in [2.05, 4.69) is 0 Å². The number of hydrogen-bond donors (Lipinski definition) is 0. The second kappa shape index (κ2) is 15.2. The van der Waals surface area contributed by atoms with Gasteiger partial charge in [-0.1, -0.05) is 23.7 Å². The molecule has 0 aliphatic rings. The van der Waals surface area contributed by atoms with E-state index in [-0.39, 0.29) is 23.9 Å². The minimum absolute atomic E-state index is 0.0891. The molecule has 39 heavy (non-hydrogen) atoms. The van der Waals surface area contributed by atoms with Gasteiger partial charge >= 0.3 is 0 Å². The summed E-state index contributed by atoms with van der Waals surface area (Å²) in [6, 6.07) is 15.5. The van der Waals surface area contributed by atoms with Crippen molar-refractivity contribution in [3.05, 3.63) is 75.4 Å². The summed E-state index contributed by atoms with van der Waals surface area (Å²) in [5.41, 5.74) is 0.971. The molecule has 0 aliphatic heterocycles. The van der Waals surface area contributed by atoms with Gasteiger partial charge in [-0.3, -0.25) is 4.79 Å². The van der Waals surface area contributed by atoms with E-state index in [0.717, 1.165) is 10.4 Å². The minimum Gasteiger partial charge on any atom is -0.493 e. The summed E-state index contributed by atoms with van der Waals surface area (Å²) in [6.45, 7) is 3.47. The summed E-state index contributed by atoms with van der Waals surface area (Å²) in [6.07, 6.45) is 1.02. The Morgan fingerprint density at radius 1 is 1.00 bits per heavy atom. The first-order valence-corrected chi connectivity index (χ1v) is 15.3. The third kappa shape index (κ3) is 8.94. The van der Waals surface area contributed by atoms with E-state index >= 15 is 0 Å². The van der Waals surface area contributed by atoms with Crippen molar-refractivity contribution in [3.8, 4) is 11.5 Å². The molecule has 0 spiro atoms. The maximum absolute atomic E-state index is 13.7. The van der Waals surface area contributed by atoms with Crippen molar-refractivity contribution in [1.82, 2.24) is 9.21 Å². The molecule has 0 fully saturated rings. The number of halogens is 1. The largest absolute Gasteiger partial charge is 0.493 e. The molecular formula is C28H35ClN2O6S2. The number of amides is 1. The number of carbonyl (C=O) groups excluding carboxylic acids is 1. The van der Waals surface area contributed by atoms with Crippen molar-refractivity contribution in [2.75, 3.05) is 47.1 Å². The monoisotopic (exact) mass is 594 g/mol. The number of sulfonamides is 1. The smallest absolute Gasteiger partial charge is 0.243 e. The zero-order chi connectivity index (χ0) is 28.3. The first-order chi connectivity index (χ1) is 18.8. The van der Waals surface area contributed by atoms with Gasteiger partial charge in [-0.05, 0) is 73.2 Å². The van der Waals surface area contributed by atoms with Gasteiger partial charge < -0.3 is 19.1 Å². The van der Waals surface area contributed by atoms with Crippen LogP contribution in [0.5, 0.6) is 11.5 Å². The van der Waals surface area contributed by atoms with Gasteiger partial charge in [-0.25, -0.2) is 8.42 Å². The summed E-state index contributed by atoms with van der Waals surface area (Å²) in [5.74, 6) is 0.960. The highest BCUT2D eigenvalue weighted by Gasteiger charge is 2.28. The third-order valence-corrected chi connectivity index (χ3v) is 9.03. The second-order valence-electron chi connectivity index (χ2n) is 8.68. The molecule has 1 amide bonds. The highest BCUT2D eigenvalue weighted by Crippen LogP contribution is 2.28. The lowest BCUT2D eigenvalue weighted by Crippen LogP contribution is -2.43. The van der Waals surface area contributed by atoms with Gasteiger partial charge in [0.15, 0.2) is 11.5 Å². The SMILES string of the molecule is CCOCCCN(CC(=O)N(CCc1ccc(OC)c(OC)c1)Cc1cccs1)S(=O)(=O)c1ccc(Cl)cc1. The van der Waals surface area contributed by atoms with Crippen LogP contribution in [0.1, 0.15) is 23.8 Å². The van der Waals surface area contributed by atoms with Crippen molar-refractivity contribution in [1.29, 1.82) is 0 Å². The molecule has 0 saturated carbocycles. The fraction of sp³-hybridized carbons (Fsp3) is 0.393. The lowest BCUT2D eigenvalue weighted by Gasteiger charge is -2.27. The summed E-state index contributed by atoms with van der Waals surface area (Å²) < 4.78 is 44.5. The lowest BCUT2D eigenvalue weighted by atomic mass is 10.1. The van der Waals surface area contributed by atoms with E-state index in [4.69, 9.17) is 25.8 Å². The number of ether oxygens (including phenoxy) is 3. The summed E-state index contributed by atoms with van der Waals surface area (Å²) >= 11 is 7.53. The molecule has 1 aromatic heterocycles. The summed E-state index contributed by atoms with van der Waals surface area (Å²) in [7, 11) is -0.776. The van der Waals surface area contributed by atoms with Crippen molar-refractivity contribution in [2.45, 2.75) is 31.2 Å². The van der Waals surface area contributed by atoms with Gasteiger partial charge in [-0.15, -0.1) is 11.3 Å². The first kappa shape index (κ1) is 30.9. The van der Waals surface area contributed by atoms with Crippen LogP contribution in [0.15, 0.2) is 64.9 Å². The van der Waals surface area contributed by atoms with Gasteiger partial charge in [0.25, 0.3) is 0 Å². The number of carbonyl (C=O) groups is 1. The van der Waals surface area contributed by atoms with E-state index in [1.165, 1.54) is 28.6 Å². The van der Waals surface area contributed by atoms with Gasteiger partial charge in [0.2, 0.25) is 15.9 Å². The zero-order valence-corrected chi connectivity index (χ0v) is 24.9. The Balaban J connectivity index is 1.81. The molecule has 11 heteroatoms. The molecule has 3 aromatic rings. The van der Waals surface area contributed by atoms with E-state index < -0.39 is 10.0 Å². The number of hydrogen-bond acceptors (Lipinski definition) is 7. The maximum Gasteiger partial charge on any atom is 0.243 e. The highest BCUT2D eigenvalue weighted by atomic mass is 35.5. The Kier molecular flexibility index (Phi) is 12.1. The third-order valence-electron chi connectivity index (χ3n) is 6.06. The number of rotatable bonds is 16. The Hall–Kier alpha value is -2.63. The summed E-state index contributed by atoms with van der Waals surface area (Å²) in [5, 5.41) is 2.39. The fourth-order valence-electron chi connectivity index (χ4n) is 3.96. The second-order valence-corrected chi connectivity index (χ2v) is 12.1. The quantitative estimate of drug-likeness (QED) is 0.214. The number of nitrogens with zero attached hydrogens (tertiary/aromatic N) is 2. The van der Waals surface area contributed by atoms with Gasteiger partial charge in [0.1, 0.15) is 0 Å². The molecule has 8 nitrogen and oxygen atoms in total. The average Bonchev–Trinajstić information content (AvgIpc) is 3.45. The van der Waals surface area contributed by atoms with E-state index in [0.29, 0.717) is 55.7 Å². The van der Waals surface area contributed by atoms with Crippen LogP contribution in [-0.2, 0) is 32.5 Å². The standard InChI is InChI=1S/C28H35ClN2O6S2/c1-4-37-17-6-15-31(39(33,34)25-11-9-23(29)10-12-25)21-28(32)30(20-24-7-5-18-38-24)16-14-22-8-13-26(35-2)27(19-22)36-3/h5,7-13,18-19H,4,6,14-17,20-21H2,1-3H3. The van der Waals surface area contributed by atoms with Crippen molar-refractivity contribution in [2.24, 2.45) is 0 Å². The molecule has 212 valence electrons. The lowest BCUT2D eigenvalue weighted by molar-refractivity contribution is -0.132. The number of methoxy groups -OCH3 is 2. The Labute approximate surface area is 240 Å². The van der Waals surface area contributed by atoms with E-state index in [1.807, 2.05) is 42.6 Å². The van der Waals surface area contributed by atoms with Crippen LogP contribution in [0, 0.1) is 0 Å². The molecule has 3 rings (SSSR count). The molecule has 0 N–H and O–H groups in total. The van der Waals surface area contributed by atoms with Crippen LogP contribution < -0.4 is 9.47 Å². The van der Waals surface area contributed by atoms with Gasteiger partial charge in [0, 0.05) is 36.2 Å². The van der Waals surface area contributed by atoms with Crippen LogP contribution in [0.2, 0.25) is 5.02 Å². The topological polar surface area (TPSA) is 85.4 Å². The zero-order valence-electron chi connectivity index (χ0n) is 22.5. The van der Waals surface area contributed by atoms with Crippen LogP contribution >= 0.6 is 22.9 Å². The van der Waals surface area contributed by atoms with Crippen LogP contribution in [0.25, 0.3) is 0 Å². The van der Waals surface area contributed by atoms with Crippen LogP contribution in [0.4, 0.5) is 0 Å². The van der Waals surface area contributed by atoms with Gasteiger partial charge in [0.05, 0.1) is 32.2 Å². The minimum atomic E-state index is -3.94. The average molecular weight is 595 g/mol. The molecule has 0 radical (unpaired) electrons. The van der Waals surface area contributed by atoms with Crippen LogP contribution in [-0.4, -0.2) is 70.6 Å². The summed E-state index contributed by atoms with van der Waals surface area (Å²) in [4.78, 5) is 16.5. The van der Waals surface area contributed by atoms with Crippen molar-refractivity contribution >= 4 is 38.9 Å². The first-order valence-electron chi connectivity index (χ1n) is 12.6. The van der Waals surface area contributed by atoms with E-state index in [9.17, 15) is 13.2 Å². The molecule has 1 heterocycles. The Morgan fingerprint density at radius 2 is 1.74 bits per heavy atom. The van der Waals surface area contributed by atoms with Crippen molar-refractivity contribution < 1.29 is 27.4 Å². The predicted molar refractivity (Wildman–Crippen MR) is 154 cm³/mol. The molecular weight excluding hydrogens is 560 g/mol. The number of thiophene rings is 1. The van der Waals surface area contributed by atoms with Crippen LogP contribution in [0.3, 0.4) is 0 Å². The molecule has 0 saturated heterocycles.